The Morgan fingerprint density at radius 2 is 1.63 bits per heavy atom. The van der Waals surface area contributed by atoms with Crippen LogP contribution in [0, 0.1) is 29.3 Å². The standard InChI is InChI=1S/C21H27F5O4/c1-2-3-4-5-13-6-7-18(27-10-13)14-11-28-20(29-12-14)21(25,26)30-15-8-16(22)19(24)17(23)9-15/h8-9,13-14,18,20H,2-7,10-12H2,1H3. The van der Waals surface area contributed by atoms with Gasteiger partial charge < -0.3 is 18.9 Å². The third-order valence-electron chi connectivity index (χ3n) is 5.56. The van der Waals surface area contributed by atoms with Gasteiger partial charge in [-0.25, -0.2) is 13.2 Å². The molecule has 0 saturated carbocycles. The molecule has 0 aromatic heterocycles. The van der Waals surface area contributed by atoms with E-state index in [9.17, 15) is 22.0 Å². The number of halogens is 5. The smallest absolute Gasteiger partial charge is 0.429 e. The molecule has 4 nitrogen and oxygen atoms in total. The Morgan fingerprint density at radius 3 is 2.20 bits per heavy atom. The lowest BCUT2D eigenvalue weighted by Gasteiger charge is -2.39. The van der Waals surface area contributed by atoms with Crippen molar-refractivity contribution in [1.29, 1.82) is 0 Å². The van der Waals surface area contributed by atoms with Crippen LogP contribution in [0.3, 0.4) is 0 Å². The Balaban J connectivity index is 1.47. The molecule has 2 aliphatic rings. The molecule has 0 aliphatic carbocycles. The second-order valence-corrected chi connectivity index (χ2v) is 7.93. The maximum absolute atomic E-state index is 14.3. The van der Waals surface area contributed by atoms with Crippen LogP contribution in [-0.2, 0) is 14.2 Å². The van der Waals surface area contributed by atoms with Crippen LogP contribution in [-0.4, -0.2) is 38.3 Å². The van der Waals surface area contributed by atoms with Crippen LogP contribution in [0.1, 0.15) is 45.4 Å². The Hall–Kier alpha value is -1.45. The average molecular weight is 438 g/mol. The third-order valence-corrected chi connectivity index (χ3v) is 5.56. The summed E-state index contributed by atoms with van der Waals surface area (Å²) in [5.74, 6) is -5.55. The van der Waals surface area contributed by atoms with Crippen LogP contribution in [0.15, 0.2) is 12.1 Å². The molecule has 2 heterocycles. The first-order chi connectivity index (χ1) is 14.3. The quantitative estimate of drug-likeness (QED) is 0.308. The van der Waals surface area contributed by atoms with Crippen molar-refractivity contribution in [3.05, 3.63) is 29.6 Å². The summed E-state index contributed by atoms with van der Waals surface area (Å²) in [6, 6.07) is 0.676. The predicted molar refractivity (Wildman–Crippen MR) is 97.7 cm³/mol. The molecule has 0 spiro atoms. The molecular formula is C21H27F5O4. The minimum atomic E-state index is -4.01. The van der Waals surface area contributed by atoms with E-state index in [1.54, 1.807) is 0 Å². The van der Waals surface area contributed by atoms with Crippen molar-refractivity contribution in [2.75, 3.05) is 19.8 Å². The van der Waals surface area contributed by atoms with Crippen molar-refractivity contribution in [2.45, 2.75) is 64.0 Å². The Kier molecular flexibility index (Phi) is 7.92. The molecule has 0 N–H and O–H groups in total. The maximum Gasteiger partial charge on any atom is 0.451 e. The first-order valence-corrected chi connectivity index (χ1v) is 10.4. The molecule has 2 saturated heterocycles. The number of hydrogen-bond acceptors (Lipinski definition) is 4. The molecule has 2 unspecified atom stereocenters. The van der Waals surface area contributed by atoms with Crippen molar-refractivity contribution in [1.82, 2.24) is 0 Å². The molecule has 9 heteroatoms. The number of unbranched alkanes of at least 4 members (excludes halogenated alkanes) is 2. The second kappa shape index (κ2) is 10.2. The normalized spacial score (nSPS) is 27.8. The Morgan fingerprint density at radius 1 is 0.967 bits per heavy atom. The fraction of sp³-hybridized carbons (Fsp3) is 0.714. The van der Waals surface area contributed by atoms with Gasteiger partial charge in [0.15, 0.2) is 17.5 Å². The monoisotopic (exact) mass is 438 g/mol. The Labute approximate surface area is 172 Å². The van der Waals surface area contributed by atoms with Crippen molar-refractivity contribution < 1.29 is 40.9 Å². The van der Waals surface area contributed by atoms with Crippen LogP contribution < -0.4 is 4.74 Å². The largest absolute Gasteiger partial charge is 0.451 e. The van der Waals surface area contributed by atoms with Gasteiger partial charge in [-0.1, -0.05) is 26.2 Å². The summed E-state index contributed by atoms with van der Waals surface area (Å²) in [4.78, 5) is 0. The highest BCUT2D eigenvalue weighted by Crippen LogP contribution is 2.34. The molecule has 1 aromatic rings. The summed E-state index contributed by atoms with van der Waals surface area (Å²) in [6.45, 7) is 2.78. The zero-order valence-electron chi connectivity index (χ0n) is 16.9. The zero-order valence-corrected chi connectivity index (χ0v) is 16.9. The van der Waals surface area contributed by atoms with Crippen molar-refractivity contribution in [3.8, 4) is 5.75 Å². The maximum atomic E-state index is 14.3. The summed E-state index contributed by atoms with van der Waals surface area (Å²) in [5.41, 5.74) is 0. The summed E-state index contributed by atoms with van der Waals surface area (Å²) >= 11 is 0. The highest BCUT2D eigenvalue weighted by Gasteiger charge is 2.48. The summed E-state index contributed by atoms with van der Waals surface area (Å²) < 4.78 is 88.5. The van der Waals surface area contributed by atoms with Gasteiger partial charge in [0.25, 0.3) is 6.29 Å². The van der Waals surface area contributed by atoms with E-state index < -0.39 is 35.6 Å². The van der Waals surface area contributed by atoms with E-state index in [4.69, 9.17) is 14.2 Å². The van der Waals surface area contributed by atoms with E-state index >= 15 is 0 Å². The van der Waals surface area contributed by atoms with Gasteiger partial charge in [0.05, 0.1) is 19.3 Å². The average Bonchev–Trinajstić information content (AvgIpc) is 2.72. The third kappa shape index (κ3) is 5.82. The molecule has 3 rings (SSSR count). The highest BCUT2D eigenvalue weighted by atomic mass is 19.3. The molecule has 0 radical (unpaired) electrons. The summed E-state index contributed by atoms with van der Waals surface area (Å²) in [7, 11) is 0. The van der Waals surface area contributed by atoms with Gasteiger partial charge in [-0.05, 0) is 25.2 Å². The van der Waals surface area contributed by atoms with Gasteiger partial charge in [0.1, 0.15) is 5.75 Å². The van der Waals surface area contributed by atoms with Gasteiger partial charge in [0, 0.05) is 24.7 Å². The molecule has 30 heavy (non-hydrogen) atoms. The SMILES string of the molecule is CCCCCC1CCC(C2COC(C(F)(F)Oc3cc(F)c(F)c(F)c3)OC2)OC1. The van der Waals surface area contributed by atoms with Gasteiger partial charge in [-0.3, -0.25) is 0 Å². The van der Waals surface area contributed by atoms with Crippen molar-refractivity contribution >= 4 is 0 Å². The molecule has 170 valence electrons. The number of alkyl halides is 2. The van der Waals surface area contributed by atoms with E-state index in [1.807, 2.05) is 0 Å². The van der Waals surface area contributed by atoms with Gasteiger partial charge in [-0.2, -0.15) is 8.78 Å². The molecule has 0 bridgehead atoms. The minimum Gasteiger partial charge on any atom is -0.429 e. The zero-order chi connectivity index (χ0) is 21.7. The van der Waals surface area contributed by atoms with Crippen molar-refractivity contribution in [2.24, 2.45) is 11.8 Å². The first kappa shape index (κ1) is 23.2. The molecular weight excluding hydrogens is 411 g/mol. The van der Waals surface area contributed by atoms with Gasteiger partial charge in [0.2, 0.25) is 0 Å². The van der Waals surface area contributed by atoms with Crippen LogP contribution in [0.25, 0.3) is 0 Å². The van der Waals surface area contributed by atoms with E-state index in [1.165, 1.54) is 19.3 Å². The molecule has 0 amide bonds. The summed E-state index contributed by atoms with van der Waals surface area (Å²) in [5, 5.41) is 0. The van der Waals surface area contributed by atoms with Gasteiger partial charge in [-0.15, -0.1) is 0 Å². The topological polar surface area (TPSA) is 36.9 Å². The van der Waals surface area contributed by atoms with Crippen LogP contribution in [0.4, 0.5) is 22.0 Å². The second-order valence-electron chi connectivity index (χ2n) is 7.93. The number of ether oxygens (including phenoxy) is 4. The van der Waals surface area contributed by atoms with E-state index in [-0.39, 0.29) is 25.2 Å². The lowest BCUT2D eigenvalue weighted by atomic mass is 9.89. The Bertz CT molecular complexity index is 663. The van der Waals surface area contributed by atoms with Crippen LogP contribution >= 0.6 is 0 Å². The summed E-state index contributed by atoms with van der Waals surface area (Å²) in [6.07, 6.45) is 0.359. The van der Waals surface area contributed by atoms with Crippen molar-refractivity contribution in [3.63, 3.8) is 0 Å². The molecule has 2 aliphatic heterocycles. The predicted octanol–water partition coefficient (Wildman–Crippen LogP) is 5.44. The number of rotatable bonds is 8. The lowest BCUT2D eigenvalue weighted by Crippen LogP contribution is -2.50. The van der Waals surface area contributed by atoms with Crippen LogP contribution in [0.5, 0.6) is 5.75 Å². The number of hydrogen-bond donors (Lipinski definition) is 0. The molecule has 1 aromatic carbocycles. The minimum absolute atomic E-state index is 0.0130. The van der Waals surface area contributed by atoms with E-state index in [0.717, 1.165) is 19.3 Å². The van der Waals surface area contributed by atoms with E-state index in [0.29, 0.717) is 24.7 Å². The fourth-order valence-electron chi connectivity index (χ4n) is 3.83. The fourth-order valence-corrected chi connectivity index (χ4v) is 3.83. The van der Waals surface area contributed by atoms with Gasteiger partial charge >= 0.3 is 6.11 Å². The number of benzene rings is 1. The molecule has 2 fully saturated rings. The van der Waals surface area contributed by atoms with Crippen LogP contribution in [0.2, 0.25) is 0 Å². The highest BCUT2D eigenvalue weighted by molar-refractivity contribution is 5.25. The lowest BCUT2D eigenvalue weighted by molar-refractivity contribution is -0.356. The first-order valence-electron chi connectivity index (χ1n) is 10.4. The van der Waals surface area contributed by atoms with E-state index in [2.05, 4.69) is 11.7 Å². The molecule has 2 atom stereocenters.